The summed E-state index contributed by atoms with van der Waals surface area (Å²) in [6.45, 7) is 3.56. The molecule has 4 heteroatoms. The minimum Gasteiger partial charge on any atom is -0.291 e. The molecule has 1 aliphatic carbocycles. The van der Waals surface area contributed by atoms with Gasteiger partial charge in [-0.05, 0) is 44.6 Å². The summed E-state index contributed by atoms with van der Waals surface area (Å²) in [5.74, 6) is 1.48. The van der Waals surface area contributed by atoms with Gasteiger partial charge in [-0.25, -0.2) is 4.98 Å². The fourth-order valence-corrected chi connectivity index (χ4v) is 5.39. The molecule has 20 heavy (non-hydrogen) atoms. The normalized spacial score (nSPS) is 29.1. The highest BCUT2D eigenvalue weighted by Crippen LogP contribution is 2.40. The van der Waals surface area contributed by atoms with Gasteiger partial charge in [0.25, 0.3) is 0 Å². The van der Waals surface area contributed by atoms with Crippen LogP contribution in [-0.2, 0) is 5.88 Å². The second kappa shape index (κ2) is 6.76. The molecule has 2 fully saturated rings. The van der Waals surface area contributed by atoms with Crippen LogP contribution >= 0.6 is 22.9 Å². The fraction of sp³-hybridized carbons (Fsp3) is 0.812. The molecule has 3 unspecified atom stereocenters. The van der Waals surface area contributed by atoms with Crippen molar-refractivity contribution in [3.63, 3.8) is 0 Å². The Kier molecular flexibility index (Phi) is 5.00. The van der Waals surface area contributed by atoms with Gasteiger partial charge < -0.3 is 0 Å². The number of hydrogen-bond donors (Lipinski definition) is 0. The second-order valence-corrected chi connectivity index (χ2v) is 7.38. The van der Waals surface area contributed by atoms with Gasteiger partial charge >= 0.3 is 0 Å². The van der Waals surface area contributed by atoms with Crippen molar-refractivity contribution in [1.29, 1.82) is 0 Å². The Morgan fingerprint density at radius 1 is 1.35 bits per heavy atom. The van der Waals surface area contributed by atoms with E-state index in [9.17, 15) is 0 Å². The molecule has 0 spiro atoms. The molecule has 3 atom stereocenters. The maximum Gasteiger partial charge on any atom is 0.110 e. The Morgan fingerprint density at radius 2 is 2.15 bits per heavy atom. The highest BCUT2D eigenvalue weighted by molar-refractivity contribution is 7.09. The number of alkyl halides is 1. The number of fused-ring (bicyclic) bond motifs is 1. The van der Waals surface area contributed by atoms with Crippen LogP contribution in [0.1, 0.15) is 68.6 Å². The summed E-state index contributed by atoms with van der Waals surface area (Å²) in [5.41, 5.74) is 1.04. The molecule has 1 aliphatic heterocycles. The van der Waals surface area contributed by atoms with E-state index in [2.05, 4.69) is 17.2 Å². The summed E-state index contributed by atoms with van der Waals surface area (Å²) in [4.78, 5) is 7.54. The van der Waals surface area contributed by atoms with Crippen LogP contribution in [0.2, 0.25) is 0 Å². The average molecular weight is 313 g/mol. The van der Waals surface area contributed by atoms with Crippen molar-refractivity contribution in [1.82, 2.24) is 9.88 Å². The molecule has 112 valence electrons. The molecule has 0 bridgehead atoms. The Labute approximate surface area is 131 Å². The first-order valence-corrected chi connectivity index (χ1v) is 9.51. The van der Waals surface area contributed by atoms with Gasteiger partial charge in [0.05, 0.1) is 17.6 Å². The minimum atomic E-state index is 0.517. The van der Waals surface area contributed by atoms with Gasteiger partial charge in [-0.2, -0.15) is 0 Å². The topological polar surface area (TPSA) is 16.1 Å². The molecule has 0 N–H and O–H groups in total. The van der Waals surface area contributed by atoms with E-state index < -0.39 is 0 Å². The SMILES string of the molecule is CCC(c1nc(CCl)cs1)N1CCCC2CCCCC21. The van der Waals surface area contributed by atoms with E-state index in [4.69, 9.17) is 16.6 Å². The Bertz CT molecular complexity index is 432. The number of aromatic nitrogens is 1. The van der Waals surface area contributed by atoms with E-state index in [0.29, 0.717) is 11.9 Å². The maximum absolute atomic E-state index is 5.92. The number of piperidine rings is 1. The summed E-state index contributed by atoms with van der Waals surface area (Å²) in [6, 6.07) is 1.33. The average Bonchev–Trinajstić information content (AvgIpc) is 2.97. The van der Waals surface area contributed by atoms with Crippen LogP contribution in [-0.4, -0.2) is 22.5 Å². The van der Waals surface area contributed by atoms with Crippen molar-refractivity contribution in [2.24, 2.45) is 5.92 Å². The Hall–Kier alpha value is -0.120. The smallest absolute Gasteiger partial charge is 0.110 e. The van der Waals surface area contributed by atoms with E-state index in [1.165, 1.54) is 56.5 Å². The summed E-state index contributed by atoms with van der Waals surface area (Å²) in [5, 5.41) is 3.42. The van der Waals surface area contributed by atoms with E-state index in [-0.39, 0.29) is 0 Å². The van der Waals surface area contributed by atoms with Crippen molar-refractivity contribution in [3.05, 3.63) is 16.1 Å². The predicted octanol–water partition coefficient (Wildman–Crippen LogP) is 4.99. The Morgan fingerprint density at radius 3 is 2.90 bits per heavy atom. The summed E-state index contributed by atoms with van der Waals surface area (Å²) in [6.07, 6.45) is 9.68. The molecular formula is C16H25ClN2S. The lowest BCUT2D eigenvalue weighted by Gasteiger charge is -2.47. The molecule has 1 aromatic heterocycles. The largest absolute Gasteiger partial charge is 0.291 e. The number of rotatable bonds is 4. The summed E-state index contributed by atoms with van der Waals surface area (Å²) in [7, 11) is 0. The third kappa shape index (κ3) is 2.90. The highest BCUT2D eigenvalue weighted by Gasteiger charge is 2.37. The van der Waals surface area contributed by atoms with Crippen molar-refractivity contribution >= 4 is 22.9 Å². The highest BCUT2D eigenvalue weighted by atomic mass is 35.5. The summed E-state index contributed by atoms with van der Waals surface area (Å²) >= 11 is 7.72. The van der Waals surface area contributed by atoms with Gasteiger partial charge in [0, 0.05) is 11.4 Å². The van der Waals surface area contributed by atoms with Gasteiger partial charge in [0.15, 0.2) is 0 Å². The van der Waals surface area contributed by atoms with Crippen LogP contribution in [0.3, 0.4) is 0 Å². The molecule has 0 aromatic carbocycles. The van der Waals surface area contributed by atoms with Crippen molar-refractivity contribution < 1.29 is 0 Å². The van der Waals surface area contributed by atoms with Gasteiger partial charge in [-0.3, -0.25) is 4.90 Å². The lowest BCUT2D eigenvalue weighted by atomic mass is 9.77. The zero-order chi connectivity index (χ0) is 13.9. The molecule has 3 rings (SSSR count). The lowest BCUT2D eigenvalue weighted by molar-refractivity contribution is 0.0233. The molecule has 0 radical (unpaired) electrons. The third-order valence-corrected chi connectivity index (χ3v) is 6.33. The van der Waals surface area contributed by atoms with Crippen LogP contribution in [0.15, 0.2) is 5.38 Å². The van der Waals surface area contributed by atoms with Crippen LogP contribution in [0.4, 0.5) is 0 Å². The molecule has 2 aliphatic rings. The predicted molar refractivity (Wildman–Crippen MR) is 86.4 cm³/mol. The number of hydrogen-bond acceptors (Lipinski definition) is 3. The van der Waals surface area contributed by atoms with E-state index in [1.54, 1.807) is 11.3 Å². The zero-order valence-corrected chi connectivity index (χ0v) is 13.9. The number of likely N-dealkylation sites (tertiary alicyclic amines) is 1. The Balaban J connectivity index is 1.80. The number of halogens is 1. The first-order chi connectivity index (χ1) is 9.83. The lowest BCUT2D eigenvalue weighted by Crippen LogP contribution is -2.48. The first kappa shape index (κ1) is 14.8. The van der Waals surface area contributed by atoms with E-state index in [1.807, 2.05) is 0 Å². The van der Waals surface area contributed by atoms with Gasteiger partial charge in [0.2, 0.25) is 0 Å². The molecule has 2 heterocycles. The molecular weight excluding hydrogens is 288 g/mol. The van der Waals surface area contributed by atoms with Crippen LogP contribution < -0.4 is 0 Å². The summed E-state index contributed by atoms with van der Waals surface area (Å²) < 4.78 is 0. The van der Waals surface area contributed by atoms with E-state index >= 15 is 0 Å². The quantitative estimate of drug-likeness (QED) is 0.728. The van der Waals surface area contributed by atoms with Crippen molar-refractivity contribution in [3.8, 4) is 0 Å². The van der Waals surface area contributed by atoms with Crippen LogP contribution in [0.5, 0.6) is 0 Å². The molecule has 2 nitrogen and oxygen atoms in total. The first-order valence-electron chi connectivity index (χ1n) is 8.09. The van der Waals surface area contributed by atoms with Gasteiger partial charge in [0.1, 0.15) is 5.01 Å². The maximum atomic E-state index is 5.92. The molecule has 1 saturated heterocycles. The standard InChI is InChI=1S/C16H25ClN2S/c1-2-14(16-18-13(10-17)11-20-16)19-9-5-7-12-6-3-4-8-15(12)19/h11-12,14-15H,2-10H2,1H3. The number of nitrogens with zero attached hydrogens (tertiary/aromatic N) is 2. The van der Waals surface area contributed by atoms with Crippen molar-refractivity contribution in [2.75, 3.05) is 6.54 Å². The van der Waals surface area contributed by atoms with Crippen LogP contribution in [0, 0.1) is 5.92 Å². The second-order valence-electron chi connectivity index (χ2n) is 6.23. The van der Waals surface area contributed by atoms with Gasteiger partial charge in [-0.15, -0.1) is 22.9 Å². The zero-order valence-electron chi connectivity index (χ0n) is 12.4. The fourth-order valence-electron chi connectivity index (χ4n) is 4.14. The van der Waals surface area contributed by atoms with E-state index in [0.717, 1.165) is 17.7 Å². The number of thiazole rings is 1. The van der Waals surface area contributed by atoms with Crippen LogP contribution in [0.25, 0.3) is 0 Å². The van der Waals surface area contributed by atoms with Gasteiger partial charge in [-0.1, -0.05) is 19.8 Å². The monoisotopic (exact) mass is 312 g/mol. The minimum absolute atomic E-state index is 0.517. The van der Waals surface area contributed by atoms with Crippen molar-refractivity contribution in [2.45, 2.75) is 69.8 Å². The molecule has 0 amide bonds. The molecule has 1 aromatic rings. The third-order valence-electron chi connectivity index (χ3n) is 5.06. The molecule has 1 saturated carbocycles.